The quantitative estimate of drug-likeness (QED) is 0.898. The topological polar surface area (TPSA) is 92.4 Å². The lowest BCUT2D eigenvalue weighted by Crippen LogP contribution is -2.31. The van der Waals surface area contributed by atoms with E-state index >= 15 is 0 Å². The van der Waals surface area contributed by atoms with Gasteiger partial charge in [0.05, 0.1) is 11.7 Å². The number of aromatic nitrogens is 2. The number of fused-ring (bicyclic) bond motifs is 3. The van der Waals surface area contributed by atoms with Crippen LogP contribution in [0.15, 0.2) is 35.1 Å². The van der Waals surface area contributed by atoms with E-state index < -0.39 is 11.4 Å². The van der Waals surface area contributed by atoms with Crippen LogP contribution >= 0.6 is 0 Å². The number of hydrogen-bond donors (Lipinski definition) is 2. The predicted octanol–water partition coefficient (Wildman–Crippen LogP) is 2.47. The van der Waals surface area contributed by atoms with Crippen molar-refractivity contribution in [2.45, 2.75) is 19.4 Å². The first-order chi connectivity index (χ1) is 11.9. The number of phenolic OH excluding ortho intramolecular Hbond substituents is 1. The maximum Gasteiger partial charge on any atom is 0.315 e. The lowest BCUT2D eigenvalue weighted by Gasteiger charge is -2.18. The van der Waals surface area contributed by atoms with E-state index in [0.29, 0.717) is 23.5 Å². The molecule has 2 heterocycles. The molecule has 25 heavy (non-hydrogen) atoms. The highest BCUT2D eigenvalue weighted by Gasteiger charge is 2.62. The van der Waals surface area contributed by atoms with Gasteiger partial charge >= 0.3 is 5.97 Å². The number of carbonyl (C=O) groups is 1. The summed E-state index contributed by atoms with van der Waals surface area (Å²) in [7, 11) is 0. The summed E-state index contributed by atoms with van der Waals surface area (Å²) in [4.78, 5) is 28.7. The lowest BCUT2D eigenvalue weighted by molar-refractivity contribution is -0.141. The first-order valence-electron chi connectivity index (χ1n) is 7.95. The smallest absolute Gasteiger partial charge is 0.315 e. The van der Waals surface area contributed by atoms with Crippen LogP contribution in [-0.4, -0.2) is 25.7 Å². The predicted molar refractivity (Wildman–Crippen MR) is 93.0 cm³/mol. The average molecular weight is 336 g/mol. The first-order valence-corrected chi connectivity index (χ1v) is 7.95. The molecule has 1 saturated carbocycles. The third kappa shape index (κ3) is 2.29. The van der Waals surface area contributed by atoms with E-state index in [2.05, 4.69) is 4.98 Å². The van der Waals surface area contributed by atoms with Crippen molar-refractivity contribution in [3.63, 3.8) is 0 Å². The van der Waals surface area contributed by atoms with Gasteiger partial charge in [0.15, 0.2) is 0 Å². The Labute approximate surface area is 143 Å². The zero-order chi connectivity index (χ0) is 17.8. The Balaban J connectivity index is 1.75. The van der Waals surface area contributed by atoms with Crippen LogP contribution in [0.4, 0.5) is 0 Å². The van der Waals surface area contributed by atoms with Gasteiger partial charge in [0, 0.05) is 5.56 Å². The van der Waals surface area contributed by atoms with Crippen molar-refractivity contribution >= 4 is 24.2 Å². The van der Waals surface area contributed by atoms with Crippen LogP contribution in [0.3, 0.4) is 0 Å². The molecule has 0 saturated heterocycles. The normalized spacial score (nSPS) is 23.3. The highest BCUT2D eigenvalue weighted by molar-refractivity contribution is 5.84. The lowest BCUT2D eigenvalue weighted by atomic mass is 10.0. The van der Waals surface area contributed by atoms with E-state index in [1.165, 1.54) is 4.57 Å². The maximum absolute atomic E-state index is 12.7. The van der Waals surface area contributed by atoms with Crippen LogP contribution in [0.5, 0.6) is 5.75 Å². The van der Waals surface area contributed by atoms with Gasteiger partial charge in [-0.15, -0.1) is 0 Å². The van der Waals surface area contributed by atoms with Gasteiger partial charge in [-0.2, -0.15) is 0 Å². The molecule has 2 aliphatic rings. The monoisotopic (exact) mass is 336 g/mol. The number of nitrogens with zero attached hydrogens (tertiary/aromatic N) is 2. The van der Waals surface area contributed by atoms with E-state index in [1.54, 1.807) is 49.4 Å². The van der Waals surface area contributed by atoms with E-state index in [0.717, 1.165) is 5.56 Å². The van der Waals surface area contributed by atoms with Gasteiger partial charge in [0.1, 0.15) is 17.0 Å². The molecule has 1 aliphatic carbocycles. The van der Waals surface area contributed by atoms with Crippen LogP contribution in [0.1, 0.15) is 35.1 Å². The number of carboxylic acids is 1. The molecule has 2 atom stereocenters. The third-order valence-electron chi connectivity index (χ3n) is 4.91. The van der Waals surface area contributed by atoms with Crippen molar-refractivity contribution < 1.29 is 15.0 Å². The summed E-state index contributed by atoms with van der Waals surface area (Å²) in [5.41, 5.74) is 0.637. The fraction of sp³-hybridized carbons (Fsp3) is 0.211. The Hall–Kier alpha value is -3.15. The molecule has 126 valence electrons. The van der Waals surface area contributed by atoms with Gasteiger partial charge in [-0.3, -0.25) is 14.2 Å². The van der Waals surface area contributed by atoms with E-state index in [9.17, 15) is 19.8 Å². The zero-order valence-electron chi connectivity index (χ0n) is 13.5. The highest BCUT2D eigenvalue weighted by Crippen LogP contribution is 2.59. The Kier molecular flexibility index (Phi) is 3.18. The number of carboxylic acid groups (broad SMARTS) is 1. The largest absolute Gasteiger partial charge is 0.508 e. The molecular weight excluding hydrogens is 320 g/mol. The fourth-order valence-electron chi connectivity index (χ4n) is 3.33. The average Bonchev–Trinajstić information content (AvgIpc) is 3.33. The molecule has 0 bridgehead atoms. The number of aromatic hydroxyl groups is 1. The SMILES string of the molecule is Cc1c(/C=C/c2cccc(O)c2)nc2n(c1=O)C1CC1(C(=O)O)C=C2. The summed E-state index contributed by atoms with van der Waals surface area (Å²) in [6.07, 6.45) is 7.18. The highest BCUT2D eigenvalue weighted by atomic mass is 16.4. The van der Waals surface area contributed by atoms with Crippen molar-refractivity contribution in [3.8, 4) is 5.75 Å². The number of aliphatic carboxylic acids is 1. The molecule has 1 fully saturated rings. The number of benzene rings is 1. The number of hydrogen-bond acceptors (Lipinski definition) is 4. The van der Waals surface area contributed by atoms with E-state index in [-0.39, 0.29) is 17.4 Å². The van der Waals surface area contributed by atoms with Crippen molar-refractivity contribution in [2.75, 3.05) is 0 Å². The molecule has 2 unspecified atom stereocenters. The van der Waals surface area contributed by atoms with Crippen molar-refractivity contribution in [3.05, 3.63) is 63.3 Å². The molecule has 1 aliphatic heterocycles. The Morgan fingerprint density at radius 3 is 2.92 bits per heavy atom. The summed E-state index contributed by atoms with van der Waals surface area (Å²) in [5.74, 6) is -0.263. The van der Waals surface area contributed by atoms with Gasteiger partial charge < -0.3 is 10.2 Å². The molecule has 2 N–H and O–H groups in total. The van der Waals surface area contributed by atoms with Crippen LogP contribution in [0.2, 0.25) is 0 Å². The van der Waals surface area contributed by atoms with Crippen molar-refractivity contribution in [1.82, 2.24) is 9.55 Å². The summed E-state index contributed by atoms with van der Waals surface area (Å²) in [6, 6.07) is 6.41. The van der Waals surface area contributed by atoms with Gasteiger partial charge in [-0.05, 0) is 43.2 Å². The zero-order valence-corrected chi connectivity index (χ0v) is 13.5. The molecule has 1 aromatic carbocycles. The van der Waals surface area contributed by atoms with Gasteiger partial charge in [0.2, 0.25) is 0 Å². The standard InChI is InChI=1S/C19H16N2O4/c1-11-14(6-5-12-3-2-4-13(22)9-12)20-16-7-8-19(18(24)25)10-15(19)21(16)17(11)23/h2-9,15,22H,10H2,1H3,(H,24,25)/b6-5+. The molecule has 6 heteroatoms. The number of rotatable bonds is 3. The summed E-state index contributed by atoms with van der Waals surface area (Å²) in [5, 5.41) is 18.9. The molecule has 4 rings (SSSR count). The Morgan fingerprint density at radius 1 is 1.40 bits per heavy atom. The number of phenols is 1. The molecule has 1 aromatic heterocycles. The summed E-state index contributed by atoms with van der Waals surface area (Å²) in [6.45, 7) is 1.69. The molecule has 0 radical (unpaired) electrons. The van der Waals surface area contributed by atoms with Crippen LogP contribution in [0, 0.1) is 12.3 Å². The second-order valence-corrected chi connectivity index (χ2v) is 6.48. The van der Waals surface area contributed by atoms with Gasteiger partial charge in [-0.1, -0.05) is 24.3 Å². The molecule has 0 spiro atoms. The first kappa shape index (κ1) is 15.4. The van der Waals surface area contributed by atoms with Crippen LogP contribution in [-0.2, 0) is 4.79 Å². The molecule has 6 nitrogen and oxygen atoms in total. The van der Waals surface area contributed by atoms with E-state index in [4.69, 9.17) is 0 Å². The van der Waals surface area contributed by atoms with Gasteiger partial charge in [0.25, 0.3) is 5.56 Å². The minimum absolute atomic E-state index is 0.166. The minimum atomic E-state index is -0.954. The third-order valence-corrected chi connectivity index (χ3v) is 4.91. The van der Waals surface area contributed by atoms with E-state index in [1.807, 2.05) is 6.07 Å². The second-order valence-electron chi connectivity index (χ2n) is 6.48. The van der Waals surface area contributed by atoms with Gasteiger partial charge in [-0.25, -0.2) is 4.98 Å². The molecular formula is C19H16N2O4. The van der Waals surface area contributed by atoms with Crippen LogP contribution in [0.25, 0.3) is 18.2 Å². The maximum atomic E-state index is 12.7. The van der Waals surface area contributed by atoms with Crippen molar-refractivity contribution in [2.24, 2.45) is 5.41 Å². The molecule has 0 amide bonds. The Bertz CT molecular complexity index is 1020. The molecule has 2 aromatic rings. The van der Waals surface area contributed by atoms with Crippen LogP contribution < -0.4 is 5.56 Å². The summed E-state index contributed by atoms with van der Waals surface area (Å²) >= 11 is 0. The van der Waals surface area contributed by atoms with Crippen molar-refractivity contribution in [1.29, 1.82) is 0 Å². The fourth-order valence-corrected chi connectivity index (χ4v) is 3.33. The minimum Gasteiger partial charge on any atom is -0.508 e. The Morgan fingerprint density at radius 2 is 2.20 bits per heavy atom. The second kappa shape index (κ2) is 5.17. The summed E-state index contributed by atoms with van der Waals surface area (Å²) < 4.78 is 1.50.